The van der Waals surface area contributed by atoms with E-state index in [1.54, 1.807) is 12.3 Å². The second kappa shape index (κ2) is 5.58. The van der Waals surface area contributed by atoms with Crippen molar-refractivity contribution >= 4 is 23.2 Å². The highest BCUT2D eigenvalue weighted by molar-refractivity contribution is 6.42. The van der Waals surface area contributed by atoms with Gasteiger partial charge in [-0.25, -0.2) is 0 Å². The third-order valence-corrected chi connectivity index (χ3v) is 3.25. The maximum absolute atomic E-state index is 6.01. The summed E-state index contributed by atoms with van der Waals surface area (Å²) in [6, 6.07) is 7.52. The zero-order valence-electron chi connectivity index (χ0n) is 9.47. The minimum Gasteiger partial charge on any atom is -0.467 e. The molecule has 1 N–H and O–H groups in total. The highest BCUT2D eigenvalue weighted by Gasteiger charge is 2.09. The van der Waals surface area contributed by atoms with Gasteiger partial charge in [-0.15, -0.1) is 0 Å². The Labute approximate surface area is 111 Å². The Morgan fingerprint density at radius 1 is 1.18 bits per heavy atom. The van der Waals surface area contributed by atoms with Crippen LogP contribution in [0.3, 0.4) is 0 Å². The van der Waals surface area contributed by atoms with Gasteiger partial charge in [0.1, 0.15) is 5.76 Å². The predicted molar refractivity (Wildman–Crippen MR) is 71.5 cm³/mol. The molecule has 1 aromatic carbocycles. The largest absolute Gasteiger partial charge is 0.467 e. The third kappa shape index (κ3) is 2.83. The molecule has 2 nitrogen and oxygen atoms in total. The van der Waals surface area contributed by atoms with E-state index in [1.807, 2.05) is 18.2 Å². The van der Waals surface area contributed by atoms with Crippen LogP contribution in [0.2, 0.25) is 10.0 Å². The lowest BCUT2D eigenvalue weighted by Gasteiger charge is -2.04. The number of hydrogen-bond acceptors (Lipinski definition) is 2. The normalized spacial score (nSPS) is 10.8. The van der Waals surface area contributed by atoms with Crippen molar-refractivity contribution in [2.75, 3.05) is 6.54 Å². The van der Waals surface area contributed by atoms with E-state index in [9.17, 15) is 0 Å². The Balaban J connectivity index is 2.32. The van der Waals surface area contributed by atoms with Crippen LogP contribution >= 0.6 is 23.2 Å². The summed E-state index contributed by atoms with van der Waals surface area (Å²) in [5.41, 5.74) is 2.06. The van der Waals surface area contributed by atoms with E-state index in [0.717, 1.165) is 23.4 Å². The predicted octanol–water partition coefficient (Wildman–Crippen LogP) is 4.36. The molecule has 0 aliphatic heterocycles. The van der Waals surface area contributed by atoms with Gasteiger partial charge in [-0.3, -0.25) is 0 Å². The van der Waals surface area contributed by atoms with Crippen molar-refractivity contribution in [3.05, 3.63) is 46.3 Å². The number of benzene rings is 1. The molecule has 1 aromatic heterocycles. The summed E-state index contributed by atoms with van der Waals surface area (Å²) in [7, 11) is 0. The van der Waals surface area contributed by atoms with Crippen molar-refractivity contribution in [1.29, 1.82) is 0 Å². The summed E-state index contributed by atoms with van der Waals surface area (Å²) >= 11 is 11.9. The van der Waals surface area contributed by atoms with E-state index in [0.29, 0.717) is 16.6 Å². The van der Waals surface area contributed by atoms with E-state index in [-0.39, 0.29) is 0 Å². The first-order valence-electron chi connectivity index (χ1n) is 5.45. The fourth-order valence-corrected chi connectivity index (χ4v) is 1.94. The Morgan fingerprint density at radius 2 is 2.00 bits per heavy atom. The molecule has 2 rings (SSSR count). The standard InChI is InChI=1S/C13H13Cl2NO/c1-2-16-8-13-10(5-6-17-13)9-3-4-11(14)12(15)7-9/h3-7,16H,2,8H2,1H3. The van der Waals surface area contributed by atoms with Gasteiger partial charge in [0, 0.05) is 5.56 Å². The molecule has 2 aromatic rings. The quantitative estimate of drug-likeness (QED) is 0.892. The summed E-state index contributed by atoms with van der Waals surface area (Å²) < 4.78 is 5.45. The van der Waals surface area contributed by atoms with Gasteiger partial charge in [0.15, 0.2) is 0 Å². The molecule has 17 heavy (non-hydrogen) atoms. The molecular formula is C13H13Cl2NO. The summed E-state index contributed by atoms with van der Waals surface area (Å²) in [6.45, 7) is 3.67. The SMILES string of the molecule is CCNCc1occc1-c1ccc(Cl)c(Cl)c1. The lowest BCUT2D eigenvalue weighted by Crippen LogP contribution is -2.11. The van der Waals surface area contributed by atoms with E-state index >= 15 is 0 Å². The highest BCUT2D eigenvalue weighted by Crippen LogP contribution is 2.30. The minimum atomic E-state index is 0.555. The maximum Gasteiger partial charge on any atom is 0.125 e. The number of furan rings is 1. The molecule has 0 bridgehead atoms. The van der Waals surface area contributed by atoms with Crippen molar-refractivity contribution in [3.63, 3.8) is 0 Å². The van der Waals surface area contributed by atoms with Gasteiger partial charge in [0.2, 0.25) is 0 Å². The van der Waals surface area contributed by atoms with Crippen molar-refractivity contribution in [2.24, 2.45) is 0 Å². The Morgan fingerprint density at radius 3 is 2.71 bits per heavy atom. The third-order valence-electron chi connectivity index (χ3n) is 2.51. The molecule has 4 heteroatoms. The molecule has 0 unspecified atom stereocenters. The van der Waals surface area contributed by atoms with Crippen LogP contribution in [-0.4, -0.2) is 6.54 Å². The van der Waals surface area contributed by atoms with Crippen molar-refractivity contribution in [2.45, 2.75) is 13.5 Å². The number of halogens is 2. The smallest absolute Gasteiger partial charge is 0.125 e. The highest BCUT2D eigenvalue weighted by atomic mass is 35.5. The molecule has 1 heterocycles. The van der Waals surface area contributed by atoms with Gasteiger partial charge in [-0.05, 0) is 30.3 Å². The van der Waals surface area contributed by atoms with Gasteiger partial charge in [0.05, 0.1) is 22.9 Å². The number of rotatable bonds is 4. The summed E-state index contributed by atoms with van der Waals surface area (Å²) in [5.74, 6) is 0.908. The summed E-state index contributed by atoms with van der Waals surface area (Å²) in [4.78, 5) is 0. The Kier molecular flexibility index (Phi) is 4.11. The first kappa shape index (κ1) is 12.5. The van der Waals surface area contributed by atoms with Crippen LogP contribution in [0.4, 0.5) is 0 Å². The van der Waals surface area contributed by atoms with E-state index in [1.165, 1.54) is 0 Å². The lowest BCUT2D eigenvalue weighted by atomic mass is 10.1. The van der Waals surface area contributed by atoms with Crippen molar-refractivity contribution in [3.8, 4) is 11.1 Å². The molecule has 0 fully saturated rings. The summed E-state index contributed by atoms with van der Waals surface area (Å²) in [6.07, 6.45) is 1.69. The van der Waals surface area contributed by atoms with Crippen LogP contribution in [-0.2, 0) is 6.54 Å². The molecule has 0 atom stereocenters. The molecule has 0 radical (unpaired) electrons. The monoisotopic (exact) mass is 269 g/mol. The van der Waals surface area contributed by atoms with Crippen molar-refractivity contribution in [1.82, 2.24) is 5.32 Å². The van der Waals surface area contributed by atoms with Crippen LogP contribution < -0.4 is 5.32 Å². The second-order valence-electron chi connectivity index (χ2n) is 3.67. The first-order chi connectivity index (χ1) is 8.22. The van der Waals surface area contributed by atoms with Crippen LogP contribution in [0.25, 0.3) is 11.1 Å². The zero-order valence-corrected chi connectivity index (χ0v) is 11.0. The molecule has 0 saturated carbocycles. The average molecular weight is 270 g/mol. The number of hydrogen-bond donors (Lipinski definition) is 1. The topological polar surface area (TPSA) is 25.2 Å². The van der Waals surface area contributed by atoms with Gasteiger partial charge in [-0.2, -0.15) is 0 Å². The van der Waals surface area contributed by atoms with E-state index in [4.69, 9.17) is 27.6 Å². The van der Waals surface area contributed by atoms with Gasteiger partial charge < -0.3 is 9.73 Å². The maximum atomic E-state index is 6.01. The van der Waals surface area contributed by atoms with Gasteiger partial charge in [0.25, 0.3) is 0 Å². The molecule has 90 valence electrons. The Bertz CT molecular complexity index is 508. The van der Waals surface area contributed by atoms with Crippen molar-refractivity contribution < 1.29 is 4.42 Å². The molecule has 0 aliphatic carbocycles. The van der Waals surface area contributed by atoms with Crippen LogP contribution in [0.15, 0.2) is 34.9 Å². The fraction of sp³-hybridized carbons (Fsp3) is 0.231. The minimum absolute atomic E-state index is 0.555. The van der Waals surface area contributed by atoms with Gasteiger partial charge >= 0.3 is 0 Å². The lowest BCUT2D eigenvalue weighted by molar-refractivity contribution is 0.489. The first-order valence-corrected chi connectivity index (χ1v) is 6.20. The van der Waals surface area contributed by atoms with Gasteiger partial charge in [-0.1, -0.05) is 36.2 Å². The van der Waals surface area contributed by atoms with Crippen LogP contribution in [0, 0.1) is 0 Å². The van der Waals surface area contributed by atoms with E-state index in [2.05, 4.69) is 12.2 Å². The molecule has 0 aliphatic rings. The second-order valence-corrected chi connectivity index (χ2v) is 4.48. The Hall–Kier alpha value is -0.960. The molecule has 0 spiro atoms. The van der Waals surface area contributed by atoms with Crippen LogP contribution in [0.1, 0.15) is 12.7 Å². The molecule has 0 saturated heterocycles. The number of nitrogens with one attached hydrogen (secondary N) is 1. The zero-order chi connectivity index (χ0) is 12.3. The molecule has 0 amide bonds. The van der Waals surface area contributed by atoms with E-state index < -0.39 is 0 Å². The fourth-order valence-electron chi connectivity index (χ4n) is 1.64. The average Bonchev–Trinajstić information content (AvgIpc) is 2.78. The van der Waals surface area contributed by atoms with Crippen LogP contribution in [0.5, 0.6) is 0 Å². The molecular weight excluding hydrogens is 257 g/mol. The summed E-state index contributed by atoms with van der Waals surface area (Å²) in [5, 5.41) is 4.35.